The first kappa shape index (κ1) is 13.7. The number of ether oxygens (including phenoxy) is 1. The van der Waals surface area contributed by atoms with E-state index >= 15 is 0 Å². The van der Waals surface area contributed by atoms with E-state index in [4.69, 9.17) is 10.5 Å². The van der Waals surface area contributed by atoms with Gasteiger partial charge in [-0.15, -0.1) is 0 Å². The fraction of sp³-hybridized carbons (Fsp3) is 0.538. The van der Waals surface area contributed by atoms with E-state index in [2.05, 4.69) is 0 Å². The van der Waals surface area contributed by atoms with Crippen molar-refractivity contribution >= 4 is 21.6 Å². The normalized spacial score (nSPS) is 20.7. The third kappa shape index (κ3) is 2.25. The summed E-state index contributed by atoms with van der Waals surface area (Å²) in [6.07, 6.45) is 1.63. The fourth-order valence-electron chi connectivity index (χ4n) is 2.77. The van der Waals surface area contributed by atoms with Gasteiger partial charge in [-0.3, -0.25) is 4.31 Å². The summed E-state index contributed by atoms with van der Waals surface area (Å²) in [5.41, 5.74) is 8.31. The Morgan fingerprint density at radius 2 is 1.90 bits per heavy atom. The summed E-state index contributed by atoms with van der Waals surface area (Å²) in [6, 6.07) is 5.47. The van der Waals surface area contributed by atoms with Crippen LogP contribution in [-0.4, -0.2) is 45.6 Å². The molecule has 0 radical (unpaired) electrons. The largest absolute Gasteiger partial charge is 0.398 e. The van der Waals surface area contributed by atoms with E-state index in [1.165, 1.54) is 8.61 Å². The molecule has 110 valence electrons. The monoisotopic (exact) mass is 297 g/mol. The lowest BCUT2D eigenvalue weighted by Gasteiger charge is -2.36. The van der Waals surface area contributed by atoms with E-state index in [1.54, 1.807) is 6.07 Å². The van der Waals surface area contributed by atoms with Crippen molar-refractivity contribution in [3.8, 4) is 0 Å². The molecule has 0 unspecified atom stereocenters. The van der Waals surface area contributed by atoms with Crippen LogP contribution in [-0.2, 0) is 21.4 Å². The fourth-order valence-corrected chi connectivity index (χ4v) is 4.44. The van der Waals surface area contributed by atoms with Gasteiger partial charge in [0.15, 0.2) is 0 Å². The quantitative estimate of drug-likeness (QED) is 0.811. The molecule has 2 heterocycles. The zero-order valence-corrected chi connectivity index (χ0v) is 12.1. The summed E-state index contributed by atoms with van der Waals surface area (Å²) >= 11 is 0. The molecule has 2 aliphatic heterocycles. The number of nitrogen functional groups attached to an aromatic ring is 1. The standard InChI is InChI=1S/C13H19N3O3S/c14-12-4-1-5-13-11(12)3-2-6-16(13)20(17,18)15-7-9-19-10-8-15/h1,4-5H,2-3,6-10,14H2. The minimum Gasteiger partial charge on any atom is -0.398 e. The van der Waals surface area contributed by atoms with Crippen LogP contribution in [0.2, 0.25) is 0 Å². The number of fused-ring (bicyclic) bond motifs is 1. The molecule has 0 atom stereocenters. The van der Waals surface area contributed by atoms with E-state index in [0.29, 0.717) is 38.5 Å². The number of nitrogens with zero attached hydrogens (tertiary/aromatic N) is 2. The molecule has 20 heavy (non-hydrogen) atoms. The Labute approximate surface area is 119 Å². The highest BCUT2D eigenvalue weighted by atomic mass is 32.2. The van der Waals surface area contributed by atoms with Crippen LogP contribution in [0.5, 0.6) is 0 Å². The first-order chi connectivity index (χ1) is 9.60. The van der Waals surface area contributed by atoms with Gasteiger partial charge in [-0.2, -0.15) is 12.7 Å². The van der Waals surface area contributed by atoms with Gasteiger partial charge in [0, 0.05) is 25.3 Å². The predicted octanol–water partition coefficient (Wildman–Crippen LogP) is 0.598. The summed E-state index contributed by atoms with van der Waals surface area (Å²) in [7, 11) is -3.48. The van der Waals surface area contributed by atoms with Gasteiger partial charge in [0.2, 0.25) is 0 Å². The minimum atomic E-state index is -3.48. The Morgan fingerprint density at radius 3 is 2.65 bits per heavy atom. The van der Waals surface area contributed by atoms with E-state index in [9.17, 15) is 8.42 Å². The second-order valence-corrected chi connectivity index (χ2v) is 6.89. The maximum Gasteiger partial charge on any atom is 0.304 e. The maximum absolute atomic E-state index is 12.8. The average molecular weight is 297 g/mol. The van der Waals surface area contributed by atoms with Crippen LogP contribution in [0.3, 0.4) is 0 Å². The lowest BCUT2D eigenvalue weighted by atomic mass is 10.0. The summed E-state index contributed by atoms with van der Waals surface area (Å²) in [4.78, 5) is 0. The zero-order chi connectivity index (χ0) is 14.2. The molecule has 0 bridgehead atoms. The summed E-state index contributed by atoms with van der Waals surface area (Å²) < 4.78 is 33.8. The summed E-state index contributed by atoms with van der Waals surface area (Å²) in [5, 5.41) is 0. The molecule has 2 aliphatic rings. The van der Waals surface area contributed by atoms with Crippen LogP contribution < -0.4 is 10.0 Å². The van der Waals surface area contributed by atoms with E-state index in [0.717, 1.165) is 24.1 Å². The lowest BCUT2D eigenvalue weighted by molar-refractivity contribution is 0.0729. The van der Waals surface area contributed by atoms with E-state index in [1.807, 2.05) is 12.1 Å². The number of rotatable bonds is 2. The van der Waals surface area contributed by atoms with Gasteiger partial charge in [0.05, 0.1) is 18.9 Å². The molecule has 3 rings (SSSR count). The van der Waals surface area contributed by atoms with Crippen LogP contribution in [0.15, 0.2) is 18.2 Å². The third-order valence-electron chi connectivity index (χ3n) is 3.82. The zero-order valence-electron chi connectivity index (χ0n) is 11.3. The second-order valence-electron chi connectivity index (χ2n) is 5.04. The third-order valence-corrected chi connectivity index (χ3v) is 5.77. The van der Waals surface area contributed by atoms with Crippen LogP contribution >= 0.6 is 0 Å². The number of anilines is 2. The highest BCUT2D eigenvalue weighted by molar-refractivity contribution is 7.90. The smallest absolute Gasteiger partial charge is 0.304 e. The number of hydrogen-bond acceptors (Lipinski definition) is 4. The first-order valence-electron chi connectivity index (χ1n) is 6.83. The van der Waals surface area contributed by atoms with Crippen LogP contribution in [0.25, 0.3) is 0 Å². The van der Waals surface area contributed by atoms with Gasteiger partial charge in [0.1, 0.15) is 0 Å². The maximum atomic E-state index is 12.8. The molecule has 1 saturated heterocycles. The molecule has 0 aliphatic carbocycles. The molecular formula is C13H19N3O3S. The molecule has 0 spiro atoms. The number of benzene rings is 1. The molecule has 1 aromatic carbocycles. The Bertz CT molecular complexity index is 597. The first-order valence-corrected chi connectivity index (χ1v) is 8.23. The average Bonchev–Trinajstić information content (AvgIpc) is 2.48. The molecule has 6 nitrogen and oxygen atoms in total. The van der Waals surface area contributed by atoms with Gasteiger partial charge in [-0.1, -0.05) is 6.07 Å². The number of morpholine rings is 1. The number of hydrogen-bond donors (Lipinski definition) is 1. The van der Waals surface area contributed by atoms with Crippen molar-refractivity contribution in [1.29, 1.82) is 0 Å². The molecule has 7 heteroatoms. The van der Waals surface area contributed by atoms with Crippen molar-refractivity contribution in [3.63, 3.8) is 0 Å². The molecular weight excluding hydrogens is 278 g/mol. The minimum absolute atomic E-state index is 0.413. The topological polar surface area (TPSA) is 75.9 Å². The van der Waals surface area contributed by atoms with Gasteiger partial charge < -0.3 is 10.5 Å². The Balaban J connectivity index is 1.97. The Morgan fingerprint density at radius 1 is 1.15 bits per heavy atom. The summed E-state index contributed by atoms with van der Waals surface area (Å²) in [6.45, 7) is 2.25. The van der Waals surface area contributed by atoms with Crippen molar-refractivity contribution in [2.45, 2.75) is 12.8 Å². The van der Waals surface area contributed by atoms with E-state index in [-0.39, 0.29) is 0 Å². The second kappa shape index (κ2) is 5.23. The van der Waals surface area contributed by atoms with E-state index < -0.39 is 10.2 Å². The molecule has 0 amide bonds. The van der Waals surface area contributed by atoms with Crippen molar-refractivity contribution in [1.82, 2.24) is 4.31 Å². The van der Waals surface area contributed by atoms with Gasteiger partial charge >= 0.3 is 10.2 Å². The highest BCUT2D eigenvalue weighted by Crippen LogP contribution is 2.33. The van der Waals surface area contributed by atoms with Gasteiger partial charge in [-0.05, 0) is 30.5 Å². The van der Waals surface area contributed by atoms with Crippen molar-refractivity contribution in [3.05, 3.63) is 23.8 Å². The van der Waals surface area contributed by atoms with Crippen LogP contribution in [0.4, 0.5) is 11.4 Å². The molecule has 1 aromatic rings. The SMILES string of the molecule is Nc1cccc2c1CCCN2S(=O)(=O)N1CCOCC1. The van der Waals surface area contributed by atoms with Crippen LogP contribution in [0, 0.1) is 0 Å². The summed E-state index contributed by atoms with van der Waals surface area (Å²) in [5.74, 6) is 0. The molecule has 2 N–H and O–H groups in total. The molecule has 0 aromatic heterocycles. The van der Waals surface area contributed by atoms with Crippen molar-refractivity contribution < 1.29 is 13.2 Å². The van der Waals surface area contributed by atoms with Crippen molar-refractivity contribution in [2.24, 2.45) is 0 Å². The molecule has 0 saturated carbocycles. The highest BCUT2D eigenvalue weighted by Gasteiger charge is 2.34. The van der Waals surface area contributed by atoms with Crippen LogP contribution in [0.1, 0.15) is 12.0 Å². The van der Waals surface area contributed by atoms with Gasteiger partial charge in [0.25, 0.3) is 0 Å². The lowest BCUT2D eigenvalue weighted by Crippen LogP contribution is -2.50. The van der Waals surface area contributed by atoms with Crippen molar-refractivity contribution in [2.75, 3.05) is 42.9 Å². The van der Waals surface area contributed by atoms with Gasteiger partial charge in [-0.25, -0.2) is 0 Å². The number of nitrogens with two attached hydrogens (primary N) is 1. The Kier molecular flexibility index (Phi) is 3.57. The molecule has 1 fully saturated rings. The Hall–Kier alpha value is -1.31. The predicted molar refractivity (Wildman–Crippen MR) is 77.8 cm³/mol.